The lowest BCUT2D eigenvalue weighted by Gasteiger charge is -2.23. The normalized spacial score (nSPS) is 15.9. The summed E-state index contributed by atoms with van der Waals surface area (Å²) < 4.78 is 5.53. The summed E-state index contributed by atoms with van der Waals surface area (Å²) in [5.74, 6) is -0.654. The van der Waals surface area contributed by atoms with Crippen LogP contribution in [0.1, 0.15) is 48.0 Å². The van der Waals surface area contributed by atoms with Crippen LogP contribution in [0.15, 0.2) is 24.3 Å². The quantitative estimate of drug-likeness (QED) is 0.648. The Morgan fingerprint density at radius 1 is 1.05 bits per heavy atom. The highest BCUT2D eigenvalue weighted by Crippen LogP contribution is 2.39. The van der Waals surface area contributed by atoms with E-state index in [1.807, 2.05) is 0 Å². The first-order valence-corrected chi connectivity index (χ1v) is 7.74. The van der Waals surface area contributed by atoms with Gasteiger partial charge in [0.1, 0.15) is 23.2 Å². The number of carbonyl (C=O) groups excluding carboxylic acids is 1. The van der Waals surface area contributed by atoms with Crippen LogP contribution in [-0.2, 0) is 4.74 Å². The summed E-state index contributed by atoms with van der Waals surface area (Å²) in [4.78, 5) is 12.5. The number of benzene rings is 2. The second kappa shape index (κ2) is 5.87. The molecule has 0 aliphatic heterocycles. The summed E-state index contributed by atoms with van der Waals surface area (Å²) in [7, 11) is 0. The highest BCUT2D eigenvalue weighted by molar-refractivity contribution is 6.05. The Labute approximate surface area is 129 Å². The van der Waals surface area contributed by atoms with Crippen LogP contribution in [0.3, 0.4) is 0 Å². The number of phenolic OH excluding ortho intramolecular Hbond substituents is 2. The minimum Gasteiger partial charge on any atom is -0.507 e. The molecule has 2 aromatic carbocycles. The Bertz CT molecular complexity index is 715. The van der Waals surface area contributed by atoms with Gasteiger partial charge < -0.3 is 14.9 Å². The molecule has 0 spiro atoms. The molecule has 4 nitrogen and oxygen atoms in total. The smallest absolute Gasteiger partial charge is 0.342 e. The van der Waals surface area contributed by atoms with Crippen LogP contribution in [-0.4, -0.2) is 22.3 Å². The van der Waals surface area contributed by atoms with Gasteiger partial charge in [-0.3, -0.25) is 0 Å². The SMILES string of the molecule is Cc1c(C(=O)OC2CCCCC2)c(O)c2ccccc2c1O. The molecule has 1 aliphatic carbocycles. The van der Waals surface area contributed by atoms with Crippen molar-refractivity contribution in [3.05, 3.63) is 35.4 Å². The van der Waals surface area contributed by atoms with E-state index in [2.05, 4.69) is 0 Å². The monoisotopic (exact) mass is 300 g/mol. The summed E-state index contributed by atoms with van der Waals surface area (Å²) in [5.41, 5.74) is 0.429. The molecular formula is C18H20O4. The summed E-state index contributed by atoms with van der Waals surface area (Å²) >= 11 is 0. The van der Waals surface area contributed by atoms with Gasteiger partial charge in [0.2, 0.25) is 0 Å². The van der Waals surface area contributed by atoms with E-state index in [1.165, 1.54) is 6.42 Å². The van der Waals surface area contributed by atoms with Crippen molar-refractivity contribution < 1.29 is 19.7 Å². The molecule has 116 valence electrons. The van der Waals surface area contributed by atoms with Crippen molar-refractivity contribution in [1.29, 1.82) is 0 Å². The van der Waals surface area contributed by atoms with Gasteiger partial charge in [-0.15, -0.1) is 0 Å². The molecule has 22 heavy (non-hydrogen) atoms. The van der Waals surface area contributed by atoms with Crippen LogP contribution in [0.4, 0.5) is 0 Å². The van der Waals surface area contributed by atoms with Gasteiger partial charge in [-0.2, -0.15) is 0 Å². The van der Waals surface area contributed by atoms with Crippen molar-refractivity contribution in [3.8, 4) is 11.5 Å². The fraction of sp³-hybridized carbons (Fsp3) is 0.389. The number of phenols is 2. The Kier molecular flexibility index (Phi) is 3.92. The standard InChI is InChI=1S/C18H20O4/c1-11-15(18(21)22-12-7-3-2-4-8-12)17(20)14-10-6-5-9-13(14)16(11)19/h5-6,9-10,12,19-20H,2-4,7-8H2,1H3. The van der Waals surface area contributed by atoms with Crippen molar-refractivity contribution in [2.45, 2.75) is 45.1 Å². The molecule has 0 bridgehead atoms. The molecule has 3 rings (SSSR count). The zero-order chi connectivity index (χ0) is 15.7. The van der Waals surface area contributed by atoms with Crippen LogP contribution >= 0.6 is 0 Å². The fourth-order valence-electron chi connectivity index (χ4n) is 3.17. The zero-order valence-corrected chi connectivity index (χ0v) is 12.6. The zero-order valence-electron chi connectivity index (χ0n) is 12.6. The summed E-state index contributed by atoms with van der Waals surface area (Å²) in [6.45, 7) is 1.62. The first-order valence-electron chi connectivity index (χ1n) is 7.74. The second-order valence-corrected chi connectivity index (χ2v) is 5.91. The van der Waals surface area contributed by atoms with Crippen LogP contribution in [0.2, 0.25) is 0 Å². The Hall–Kier alpha value is -2.23. The molecule has 0 unspecified atom stereocenters. The number of aromatic hydroxyl groups is 2. The van der Waals surface area contributed by atoms with Crippen LogP contribution < -0.4 is 0 Å². The average molecular weight is 300 g/mol. The van der Waals surface area contributed by atoms with Crippen molar-refractivity contribution in [2.24, 2.45) is 0 Å². The van der Waals surface area contributed by atoms with Gasteiger partial charge in [0.25, 0.3) is 0 Å². The Balaban J connectivity index is 2.00. The second-order valence-electron chi connectivity index (χ2n) is 5.91. The van der Waals surface area contributed by atoms with Crippen LogP contribution in [0.25, 0.3) is 10.8 Å². The van der Waals surface area contributed by atoms with Crippen LogP contribution in [0.5, 0.6) is 11.5 Å². The topological polar surface area (TPSA) is 66.8 Å². The molecule has 0 amide bonds. The van der Waals surface area contributed by atoms with Crippen molar-refractivity contribution in [3.63, 3.8) is 0 Å². The third kappa shape index (κ3) is 2.49. The number of rotatable bonds is 2. The lowest BCUT2D eigenvalue weighted by Crippen LogP contribution is -2.21. The summed E-state index contributed by atoms with van der Waals surface area (Å²) in [5, 5.41) is 21.7. The number of hydrogen-bond donors (Lipinski definition) is 2. The van der Waals surface area contributed by atoms with Crippen molar-refractivity contribution in [2.75, 3.05) is 0 Å². The van der Waals surface area contributed by atoms with Gasteiger partial charge in [-0.05, 0) is 32.6 Å². The Morgan fingerprint density at radius 2 is 1.64 bits per heavy atom. The molecule has 0 heterocycles. The number of fused-ring (bicyclic) bond motifs is 1. The minimum atomic E-state index is -0.553. The van der Waals surface area contributed by atoms with E-state index in [1.54, 1.807) is 31.2 Å². The molecule has 0 saturated heterocycles. The van der Waals surface area contributed by atoms with E-state index in [4.69, 9.17) is 4.74 Å². The van der Waals surface area contributed by atoms with E-state index in [0.29, 0.717) is 16.3 Å². The van der Waals surface area contributed by atoms with Gasteiger partial charge in [0.05, 0.1) is 0 Å². The molecule has 2 aromatic rings. The van der Waals surface area contributed by atoms with Gasteiger partial charge >= 0.3 is 5.97 Å². The lowest BCUT2D eigenvalue weighted by molar-refractivity contribution is 0.0207. The van der Waals surface area contributed by atoms with Gasteiger partial charge in [0, 0.05) is 16.3 Å². The molecule has 1 saturated carbocycles. The van der Waals surface area contributed by atoms with E-state index >= 15 is 0 Å². The first-order chi connectivity index (χ1) is 10.6. The Morgan fingerprint density at radius 3 is 2.27 bits per heavy atom. The highest BCUT2D eigenvalue weighted by Gasteiger charge is 2.25. The molecule has 0 aromatic heterocycles. The largest absolute Gasteiger partial charge is 0.507 e. The van der Waals surface area contributed by atoms with E-state index in [9.17, 15) is 15.0 Å². The number of carbonyl (C=O) groups is 1. The fourth-order valence-corrected chi connectivity index (χ4v) is 3.17. The molecule has 2 N–H and O–H groups in total. The average Bonchev–Trinajstić information content (AvgIpc) is 2.54. The molecule has 0 atom stereocenters. The molecule has 4 heteroatoms. The van der Waals surface area contributed by atoms with E-state index in [0.717, 1.165) is 25.7 Å². The maximum Gasteiger partial charge on any atom is 0.342 e. The molecule has 1 aliphatic rings. The molecular weight excluding hydrogens is 280 g/mol. The van der Waals surface area contributed by atoms with E-state index in [-0.39, 0.29) is 23.2 Å². The number of ether oxygens (including phenoxy) is 1. The van der Waals surface area contributed by atoms with Gasteiger partial charge in [-0.1, -0.05) is 30.7 Å². The summed E-state index contributed by atoms with van der Waals surface area (Å²) in [6.07, 6.45) is 4.94. The molecule has 0 radical (unpaired) electrons. The maximum atomic E-state index is 12.5. The third-order valence-electron chi connectivity index (χ3n) is 4.43. The van der Waals surface area contributed by atoms with Crippen molar-refractivity contribution in [1.82, 2.24) is 0 Å². The van der Waals surface area contributed by atoms with Gasteiger partial charge in [0.15, 0.2) is 0 Å². The van der Waals surface area contributed by atoms with Crippen molar-refractivity contribution >= 4 is 16.7 Å². The third-order valence-corrected chi connectivity index (χ3v) is 4.43. The lowest BCUT2D eigenvalue weighted by atomic mass is 9.96. The number of esters is 1. The van der Waals surface area contributed by atoms with E-state index < -0.39 is 5.97 Å². The van der Waals surface area contributed by atoms with Crippen LogP contribution in [0, 0.1) is 6.92 Å². The highest BCUT2D eigenvalue weighted by atomic mass is 16.5. The number of hydrogen-bond acceptors (Lipinski definition) is 4. The predicted molar refractivity (Wildman–Crippen MR) is 84.3 cm³/mol. The first kappa shape index (κ1) is 14.7. The maximum absolute atomic E-state index is 12.5. The van der Waals surface area contributed by atoms with Gasteiger partial charge in [-0.25, -0.2) is 4.79 Å². The molecule has 1 fully saturated rings. The predicted octanol–water partition coefficient (Wildman–Crippen LogP) is 4.05. The summed E-state index contributed by atoms with van der Waals surface area (Å²) in [6, 6.07) is 6.93. The minimum absolute atomic E-state index is 0.0176.